The Balaban J connectivity index is 1.23. The number of urea groups is 1. The Morgan fingerprint density at radius 2 is 1.73 bits per heavy atom. The molecule has 2 N–H and O–H groups in total. The van der Waals surface area contributed by atoms with Gasteiger partial charge in [-0.05, 0) is 66.4 Å². The molecule has 0 radical (unpaired) electrons. The minimum absolute atomic E-state index is 0.122. The van der Waals surface area contributed by atoms with Gasteiger partial charge < -0.3 is 15.0 Å². The van der Waals surface area contributed by atoms with Crippen molar-refractivity contribution in [1.82, 2.24) is 15.2 Å². The van der Waals surface area contributed by atoms with Crippen LogP contribution in [0.15, 0.2) is 72.8 Å². The van der Waals surface area contributed by atoms with Crippen LogP contribution < -0.4 is 15.0 Å². The fourth-order valence-corrected chi connectivity index (χ4v) is 6.75. The molecule has 1 saturated heterocycles. The first-order chi connectivity index (χ1) is 20.0. The van der Waals surface area contributed by atoms with E-state index in [2.05, 4.69) is 16.4 Å². The van der Waals surface area contributed by atoms with E-state index in [1.165, 1.54) is 11.3 Å². The third-order valence-electron chi connectivity index (χ3n) is 8.79. The van der Waals surface area contributed by atoms with E-state index in [0.717, 1.165) is 53.4 Å². The summed E-state index contributed by atoms with van der Waals surface area (Å²) in [5, 5.41) is 4.19. The van der Waals surface area contributed by atoms with Crippen molar-refractivity contribution in [3.8, 4) is 5.75 Å². The molecule has 4 amide bonds. The summed E-state index contributed by atoms with van der Waals surface area (Å²) in [4.78, 5) is 47.4. The van der Waals surface area contributed by atoms with E-state index in [9.17, 15) is 14.4 Å². The Kier molecular flexibility index (Phi) is 6.26. The first-order valence-electron chi connectivity index (χ1n) is 14.3. The van der Waals surface area contributed by atoms with Crippen molar-refractivity contribution < 1.29 is 19.1 Å². The zero-order valence-corrected chi connectivity index (χ0v) is 22.9. The van der Waals surface area contributed by atoms with E-state index in [1.807, 2.05) is 42.5 Å². The molecule has 3 aliphatic rings. The van der Waals surface area contributed by atoms with Crippen LogP contribution in [0.4, 0.5) is 10.5 Å². The van der Waals surface area contributed by atoms with Crippen LogP contribution in [-0.2, 0) is 11.2 Å². The summed E-state index contributed by atoms with van der Waals surface area (Å²) in [6.07, 6.45) is 5.92. The van der Waals surface area contributed by atoms with Gasteiger partial charge in [0.1, 0.15) is 17.8 Å². The lowest BCUT2D eigenvalue weighted by Crippen LogP contribution is -2.44. The number of amides is 4. The maximum atomic E-state index is 14.1. The fourth-order valence-electron chi connectivity index (χ4n) is 6.75. The van der Waals surface area contributed by atoms with Crippen LogP contribution in [0.2, 0.25) is 0 Å². The lowest BCUT2D eigenvalue weighted by molar-refractivity contribution is -0.120. The number of para-hydroxylation sites is 1. The summed E-state index contributed by atoms with van der Waals surface area (Å²) in [7, 11) is 1.61. The molecule has 41 heavy (non-hydrogen) atoms. The highest BCUT2D eigenvalue weighted by Gasteiger charge is 2.53. The molecular formula is C33H32N4O4. The number of nitrogens with one attached hydrogen (secondary N) is 2. The van der Waals surface area contributed by atoms with Gasteiger partial charge in [0.2, 0.25) is 0 Å². The topological polar surface area (TPSA) is 94.7 Å². The van der Waals surface area contributed by atoms with Crippen molar-refractivity contribution in [3.05, 3.63) is 95.2 Å². The standard InChI is InChI=1S/C33H32N4O4/c1-41-24-11-7-8-21(18-24)30-29-26(25-12-5-6-13-27(25)35-29)19-28-32(39)36(33(40)37(28)30)23-16-14-20(15-17-23)31(38)34-22-9-3-2-4-10-22/h5-8,11-18,22,28,30,35H,2-4,9-10,19H2,1H3,(H,34,38)/t28-,30+/m0/s1. The molecule has 3 aromatic carbocycles. The quantitative estimate of drug-likeness (QED) is 0.312. The molecule has 0 bridgehead atoms. The van der Waals surface area contributed by atoms with E-state index in [4.69, 9.17) is 4.74 Å². The van der Waals surface area contributed by atoms with Crippen molar-refractivity contribution in [2.75, 3.05) is 12.0 Å². The predicted octanol–water partition coefficient (Wildman–Crippen LogP) is 5.72. The summed E-state index contributed by atoms with van der Waals surface area (Å²) in [5.74, 6) is 0.292. The number of imide groups is 1. The number of hydrogen-bond acceptors (Lipinski definition) is 4. The largest absolute Gasteiger partial charge is 0.497 e. The van der Waals surface area contributed by atoms with Gasteiger partial charge >= 0.3 is 6.03 Å². The van der Waals surface area contributed by atoms with Crippen LogP contribution in [0.5, 0.6) is 5.75 Å². The minimum atomic E-state index is -0.653. The molecule has 8 nitrogen and oxygen atoms in total. The van der Waals surface area contributed by atoms with Crippen LogP contribution in [0.3, 0.4) is 0 Å². The number of aromatic nitrogens is 1. The maximum absolute atomic E-state index is 14.1. The molecule has 4 aromatic rings. The second-order valence-corrected chi connectivity index (χ2v) is 11.2. The lowest BCUT2D eigenvalue weighted by atomic mass is 9.89. The van der Waals surface area contributed by atoms with Gasteiger partial charge in [0, 0.05) is 34.6 Å². The minimum Gasteiger partial charge on any atom is -0.497 e. The summed E-state index contributed by atoms with van der Waals surface area (Å²) in [6.45, 7) is 0. The number of benzene rings is 3. The highest BCUT2D eigenvalue weighted by Crippen LogP contribution is 2.45. The average Bonchev–Trinajstić information content (AvgIpc) is 3.50. The Morgan fingerprint density at radius 3 is 2.51 bits per heavy atom. The van der Waals surface area contributed by atoms with Crippen LogP contribution in [-0.4, -0.2) is 46.9 Å². The number of methoxy groups -OCH3 is 1. The van der Waals surface area contributed by atoms with Gasteiger partial charge in [-0.25, -0.2) is 9.69 Å². The molecule has 8 heteroatoms. The Bertz CT molecular complexity index is 1650. The van der Waals surface area contributed by atoms with E-state index in [1.54, 1.807) is 36.3 Å². The molecule has 1 aliphatic carbocycles. The van der Waals surface area contributed by atoms with Gasteiger partial charge in [0.25, 0.3) is 11.8 Å². The molecular weight excluding hydrogens is 516 g/mol. The van der Waals surface area contributed by atoms with Gasteiger partial charge in [0.15, 0.2) is 0 Å². The first-order valence-corrected chi connectivity index (χ1v) is 14.3. The van der Waals surface area contributed by atoms with Crippen molar-refractivity contribution >= 4 is 34.4 Å². The molecule has 0 unspecified atom stereocenters. The Labute approximate surface area is 238 Å². The third kappa shape index (κ3) is 4.25. The molecule has 2 atom stereocenters. The van der Waals surface area contributed by atoms with E-state index >= 15 is 0 Å². The van der Waals surface area contributed by atoms with Crippen molar-refractivity contribution in [3.63, 3.8) is 0 Å². The van der Waals surface area contributed by atoms with Crippen LogP contribution in [0, 0.1) is 0 Å². The van der Waals surface area contributed by atoms with E-state index in [-0.39, 0.29) is 23.9 Å². The van der Waals surface area contributed by atoms with Crippen LogP contribution >= 0.6 is 0 Å². The number of anilines is 1. The van der Waals surface area contributed by atoms with Crippen LogP contribution in [0.1, 0.15) is 65.3 Å². The number of carbonyl (C=O) groups excluding carboxylic acids is 3. The molecule has 2 aliphatic heterocycles. The first kappa shape index (κ1) is 25.4. The molecule has 7 rings (SSSR count). The molecule has 208 valence electrons. The number of H-pyrrole nitrogens is 1. The zero-order valence-electron chi connectivity index (χ0n) is 22.9. The lowest BCUT2D eigenvalue weighted by Gasteiger charge is -2.36. The number of fused-ring (bicyclic) bond motifs is 4. The molecule has 0 spiro atoms. The number of nitrogens with zero attached hydrogens (tertiary/aromatic N) is 2. The second kappa shape index (κ2) is 10.1. The Hall–Kier alpha value is -4.59. The normalized spacial score (nSPS) is 20.7. The predicted molar refractivity (Wildman–Crippen MR) is 156 cm³/mol. The number of aromatic amines is 1. The smallest absolute Gasteiger partial charge is 0.332 e. The van der Waals surface area contributed by atoms with E-state index < -0.39 is 12.1 Å². The molecule has 2 fully saturated rings. The average molecular weight is 549 g/mol. The number of ether oxygens (including phenoxy) is 1. The van der Waals surface area contributed by atoms with Crippen LogP contribution in [0.25, 0.3) is 10.9 Å². The van der Waals surface area contributed by atoms with Gasteiger partial charge in [-0.1, -0.05) is 49.6 Å². The van der Waals surface area contributed by atoms with Crippen molar-refractivity contribution in [2.24, 2.45) is 0 Å². The monoisotopic (exact) mass is 548 g/mol. The molecule has 3 heterocycles. The zero-order chi connectivity index (χ0) is 28.1. The summed E-state index contributed by atoms with van der Waals surface area (Å²) >= 11 is 0. The van der Waals surface area contributed by atoms with Gasteiger partial charge in [-0.15, -0.1) is 0 Å². The third-order valence-corrected chi connectivity index (χ3v) is 8.79. The maximum Gasteiger partial charge on any atom is 0.332 e. The highest BCUT2D eigenvalue weighted by atomic mass is 16.5. The van der Waals surface area contributed by atoms with Gasteiger partial charge in [0.05, 0.1) is 12.8 Å². The molecule has 1 aromatic heterocycles. The van der Waals surface area contributed by atoms with E-state index in [0.29, 0.717) is 23.4 Å². The highest BCUT2D eigenvalue weighted by molar-refractivity contribution is 6.22. The fraction of sp³-hybridized carbons (Fsp3) is 0.303. The number of hydrogen-bond donors (Lipinski definition) is 2. The van der Waals surface area contributed by atoms with Gasteiger partial charge in [-0.3, -0.25) is 14.5 Å². The Morgan fingerprint density at radius 1 is 0.951 bits per heavy atom. The SMILES string of the molecule is COc1cccc([C@@H]2c3[nH]c4ccccc4c3C[C@H]3C(=O)N(c4ccc(C(=O)NC5CCCCC5)cc4)C(=O)N23)c1. The summed E-state index contributed by atoms with van der Waals surface area (Å²) in [6, 6.07) is 21.1. The number of rotatable bonds is 5. The second-order valence-electron chi connectivity index (χ2n) is 11.2. The number of carbonyl (C=O) groups is 3. The van der Waals surface area contributed by atoms with Gasteiger partial charge in [-0.2, -0.15) is 0 Å². The summed E-state index contributed by atoms with van der Waals surface area (Å²) in [5.41, 5.74) is 4.78. The summed E-state index contributed by atoms with van der Waals surface area (Å²) < 4.78 is 5.50. The molecule has 1 saturated carbocycles. The van der Waals surface area contributed by atoms with Crippen molar-refractivity contribution in [1.29, 1.82) is 0 Å². The van der Waals surface area contributed by atoms with Crippen molar-refractivity contribution in [2.45, 2.75) is 56.7 Å².